The Hall–Kier alpha value is -1.75. The predicted octanol–water partition coefficient (Wildman–Crippen LogP) is 1.07. The Morgan fingerprint density at radius 1 is 1.18 bits per heavy atom. The van der Waals surface area contributed by atoms with E-state index in [9.17, 15) is 0 Å². The third kappa shape index (κ3) is 2.88. The molecule has 2 aromatic rings. The van der Waals surface area contributed by atoms with E-state index in [4.69, 9.17) is 0 Å². The molecular weight excluding hydrogens is 214 g/mol. The van der Waals surface area contributed by atoms with E-state index in [1.165, 1.54) is 0 Å². The van der Waals surface area contributed by atoms with Crippen LogP contribution in [0.3, 0.4) is 0 Å². The first-order valence-electron chi connectivity index (χ1n) is 5.76. The number of fused-ring (bicyclic) bond motifs is 1. The molecule has 0 saturated heterocycles. The Morgan fingerprint density at radius 3 is 2.71 bits per heavy atom. The summed E-state index contributed by atoms with van der Waals surface area (Å²) in [5, 5.41) is 11.4. The number of aromatic nitrogens is 3. The van der Waals surface area contributed by atoms with Gasteiger partial charge in [0.05, 0.1) is 5.52 Å². The van der Waals surface area contributed by atoms with Crippen LogP contribution in [0.2, 0.25) is 0 Å². The maximum atomic E-state index is 4.49. The topological polar surface area (TPSA) is 53.9 Å². The number of para-hydroxylation sites is 1. The van der Waals surface area contributed by atoms with Crippen molar-refractivity contribution in [3.05, 3.63) is 24.3 Å². The number of hydrogen-bond acceptors (Lipinski definition) is 5. The zero-order chi connectivity index (χ0) is 12.1. The molecule has 0 unspecified atom stereocenters. The van der Waals surface area contributed by atoms with Crippen LogP contribution in [-0.2, 0) is 0 Å². The van der Waals surface area contributed by atoms with E-state index in [-0.39, 0.29) is 0 Å². The van der Waals surface area contributed by atoms with Gasteiger partial charge in [0.25, 0.3) is 0 Å². The number of anilines is 1. The lowest BCUT2D eigenvalue weighted by Gasteiger charge is -2.16. The summed E-state index contributed by atoms with van der Waals surface area (Å²) in [6.07, 6.45) is 1.06. The Morgan fingerprint density at radius 2 is 1.94 bits per heavy atom. The highest BCUT2D eigenvalue weighted by Crippen LogP contribution is 2.11. The number of rotatable bonds is 5. The highest BCUT2D eigenvalue weighted by Gasteiger charge is 2.05. The first kappa shape index (κ1) is 11.7. The normalized spacial score (nSPS) is 10.7. The van der Waals surface area contributed by atoms with Crippen molar-refractivity contribution in [2.45, 2.75) is 6.42 Å². The van der Waals surface area contributed by atoms with Crippen molar-refractivity contribution < 1.29 is 0 Å². The summed E-state index contributed by atoms with van der Waals surface area (Å²) in [7, 11) is 3.94. The molecule has 5 nitrogen and oxygen atoms in total. The van der Waals surface area contributed by atoms with Gasteiger partial charge in [0, 0.05) is 13.6 Å². The standard InChI is InChI=1S/C12H17N5/c1-13-8-5-9-17(2)12-14-10-6-3-4-7-11(10)15-16-12/h3-4,6-7,13H,5,8-9H2,1-2H3. The highest BCUT2D eigenvalue weighted by atomic mass is 15.3. The van der Waals surface area contributed by atoms with Crippen LogP contribution < -0.4 is 10.2 Å². The first-order chi connectivity index (χ1) is 8.31. The summed E-state index contributed by atoms with van der Waals surface area (Å²) in [5.41, 5.74) is 1.72. The van der Waals surface area contributed by atoms with Gasteiger partial charge in [-0.25, -0.2) is 4.98 Å². The molecule has 0 fully saturated rings. The zero-order valence-electron chi connectivity index (χ0n) is 10.2. The monoisotopic (exact) mass is 231 g/mol. The van der Waals surface area contributed by atoms with Gasteiger partial charge in [-0.3, -0.25) is 0 Å². The van der Waals surface area contributed by atoms with Gasteiger partial charge in [-0.05, 0) is 32.1 Å². The summed E-state index contributed by atoms with van der Waals surface area (Å²) in [6, 6.07) is 7.77. The van der Waals surface area contributed by atoms with Crippen molar-refractivity contribution in [3.8, 4) is 0 Å². The highest BCUT2D eigenvalue weighted by molar-refractivity contribution is 5.74. The van der Waals surface area contributed by atoms with Crippen LogP contribution in [0.25, 0.3) is 11.0 Å². The van der Waals surface area contributed by atoms with E-state index in [0.29, 0.717) is 5.95 Å². The van der Waals surface area contributed by atoms with Crippen molar-refractivity contribution in [1.82, 2.24) is 20.5 Å². The molecule has 0 radical (unpaired) electrons. The Kier molecular flexibility index (Phi) is 3.82. The minimum absolute atomic E-state index is 0.680. The van der Waals surface area contributed by atoms with Gasteiger partial charge in [0.15, 0.2) is 0 Å². The summed E-state index contributed by atoms with van der Waals surface area (Å²) in [5.74, 6) is 0.680. The first-order valence-corrected chi connectivity index (χ1v) is 5.76. The molecule has 0 amide bonds. The van der Waals surface area contributed by atoms with Crippen LogP contribution in [-0.4, -0.2) is 42.4 Å². The second-order valence-corrected chi connectivity index (χ2v) is 3.98. The summed E-state index contributed by atoms with van der Waals surface area (Å²) in [4.78, 5) is 6.51. The number of hydrogen-bond donors (Lipinski definition) is 1. The van der Waals surface area contributed by atoms with Crippen LogP contribution in [0, 0.1) is 0 Å². The Balaban J connectivity index is 2.12. The van der Waals surface area contributed by atoms with Crippen molar-refractivity contribution in [2.75, 3.05) is 32.1 Å². The van der Waals surface area contributed by atoms with Gasteiger partial charge < -0.3 is 10.2 Å². The van der Waals surface area contributed by atoms with Crippen LogP contribution in [0.1, 0.15) is 6.42 Å². The number of benzene rings is 1. The fourth-order valence-corrected chi connectivity index (χ4v) is 1.63. The average Bonchev–Trinajstić information content (AvgIpc) is 2.38. The van der Waals surface area contributed by atoms with Crippen LogP contribution in [0.4, 0.5) is 5.95 Å². The van der Waals surface area contributed by atoms with Gasteiger partial charge >= 0.3 is 0 Å². The molecule has 0 bridgehead atoms. The molecule has 1 aromatic heterocycles. The van der Waals surface area contributed by atoms with Crippen molar-refractivity contribution >= 4 is 17.0 Å². The SMILES string of the molecule is CNCCCN(C)c1nnc2ccccc2n1. The molecule has 1 aromatic carbocycles. The third-order valence-electron chi connectivity index (χ3n) is 2.61. The molecule has 0 aliphatic rings. The maximum Gasteiger partial charge on any atom is 0.245 e. The lowest BCUT2D eigenvalue weighted by molar-refractivity contribution is 0.702. The van der Waals surface area contributed by atoms with Crippen LogP contribution >= 0.6 is 0 Å². The quantitative estimate of drug-likeness (QED) is 0.780. The van der Waals surface area contributed by atoms with Gasteiger partial charge in [0.2, 0.25) is 5.95 Å². The van der Waals surface area contributed by atoms with E-state index in [2.05, 4.69) is 20.5 Å². The molecule has 0 atom stereocenters. The molecule has 0 spiro atoms. The minimum Gasteiger partial charge on any atom is -0.343 e. The van der Waals surface area contributed by atoms with E-state index < -0.39 is 0 Å². The molecule has 2 rings (SSSR count). The molecule has 1 N–H and O–H groups in total. The number of nitrogens with zero attached hydrogens (tertiary/aromatic N) is 4. The molecule has 90 valence electrons. The fraction of sp³-hybridized carbons (Fsp3) is 0.417. The molecule has 0 aliphatic carbocycles. The zero-order valence-corrected chi connectivity index (χ0v) is 10.2. The van der Waals surface area contributed by atoms with Crippen molar-refractivity contribution in [3.63, 3.8) is 0 Å². The number of nitrogens with one attached hydrogen (secondary N) is 1. The average molecular weight is 231 g/mol. The molecule has 17 heavy (non-hydrogen) atoms. The fourth-order valence-electron chi connectivity index (χ4n) is 1.63. The van der Waals surface area contributed by atoms with Crippen molar-refractivity contribution in [2.24, 2.45) is 0 Å². The third-order valence-corrected chi connectivity index (χ3v) is 2.61. The summed E-state index contributed by atoms with van der Waals surface area (Å²) >= 11 is 0. The Bertz CT molecular complexity index is 485. The lowest BCUT2D eigenvalue weighted by Crippen LogP contribution is -2.24. The second kappa shape index (κ2) is 5.54. The van der Waals surface area contributed by atoms with Crippen molar-refractivity contribution in [1.29, 1.82) is 0 Å². The molecule has 1 heterocycles. The van der Waals surface area contributed by atoms with E-state index >= 15 is 0 Å². The smallest absolute Gasteiger partial charge is 0.245 e. The van der Waals surface area contributed by atoms with E-state index in [1.54, 1.807) is 0 Å². The van der Waals surface area contributed by atoms with Gasteiger partial charge in [-0.2, -0.15) is 0 Å². The van der Waals surface area contributed by atoms with Crippen LogP contribution in [0.15, 0.2) is 24.3 Å². The van der Waals surface area contributed by atoms with Gasteiger partial charge in [-0.1, -0.05) is 12.1 Å². The predicted molar refractivity (Wildman–Crippen MR) is 69.1 cm³/mol. The largest absolute Gasteiger partial charge is 0.343 e. The summed E-state index contributed by atoms with van der Waals surface area (Å²) < 4.78 is 0. The van der Waals surface area contributed by atoms with Gasteiger partial charge in [0.1, 0.15) is 5.52 Å². The maximum absolute atomic E-state index is 4.49. The minimum atomic E-state index is 0.680. The molecule has 0 saturated carbocycles. The molecular formula is C12H17N5. The lowest BCUT2D eigenvalue weighted by atomic mass is 10.3. The second-order valence-electron chi connectivity index (χ2n) is 3.98. The van der Waals surface area contributed by atoms with Gasteiger partial charge in [-0.15, -0.1) is 10.2 Å². The summed E-state index contributed by atoms with van der Waals surface area (Å²) in [6.45, 7) is 1.91. The van der Waals surface area contributed by atoms with Crippen LogP contribution in [0.5, 0.6) is 0 Å². The molecule has 0 aliphatic heterocycles. The van der Waals surface area contributed by atoms with E-state index in [0.717, 1.165) is 30.5 Å². The van der Waals surface area contributed by atoms with E-state index in [1.807, 2.05) is 43.3 Å². The Labute approximate surface area is 101 Å². The molecule has 5 heteroatoms.